The van der Waals surface area contributed by atoms with Crippen LogP contribution in [0.25, 0.3) is 0 Å². The number of ether oxygens (including phenoxy) is 3. The minimum atomic E-state index is -1.12. The van der Waals surface area contributed by atoms with Crippen molar-refractivity contribution in [2.75, 3.05) is 13.7 Å². The molecule has 0 bridgehead atoms. The van der Waals surface area contributed by atoms with Crippen molar-refractivity contribution in [3.8, 4) is 5.75 Å². The quantitative estimate of drug-likeness (QED) is 0.449. The number of carbonyl (C=O) groups is 1. The third-order valence-electron chi connectivity index (χ3n) is 2.52. The van der Waals surface area contributed by atoms with E-state index in [4.69, 9.17) is 9.47 Å². The Morgan fingerprint density at radius 2 is 2.11 bits per heavy atom. The summed E-state index contributed by atoms with van der Waals surface area (Å²) >= 11 is 0. The lowest BCUT2D eigenvalue weighted by atomic mass is 10.2. The van der Waals surface area contributed by atoms with Crippen LogP contribution in [-0.4, -0.2) is 36.9 Å². The van der Waals surface area contributed by atoms with Crippen LogP contribution >= 0.6 is 0 Å². The standard InChI is InChI=1S/C11H11NO6/c1-16-11(13)7-2-4-8(5-3-7)18-9-6-17-10(9)12(14)15/h2-5,9-10H,6H2,1H3. The fourth-order valence-electron chi connectivity index (χ4n) is 1.51. The van der Waals surface area contributed by atoms with Crippen molar-refractivity contribution in [3.63, 3.8) is 0 Å². The highest BCUT2D eigenvalue weighted by Gasteiger charge is 2.44. The molecule has 18 heavy (non-hydrogen) atoms. The summed E-state index contributed by atoms with van der Waals surface area (Å²) in [6.45, 7) is 0.185. The smallest absolute Gasteiger partial charge is 0.354 e. The highest BCUT2D eigenvalue weighted by atomic mass is 16.7. The summed E-state index contributed by atoms with van der Waals surface area (Å²) in [4.78, 5) is 21.2. The minimum absolute atomic E-state index is 0.185. The van der Waals surface area contributed by atoms with Gasteiger partial charge >= 0.3 is 12.2 Å². The van der Waals surface area contributed by atoms with Crippen LogP contribution in [-0.2, 0) is 9.47 Å². The van der Waals surface area contributed by atoms with Gasteiger partial charge in [0.2, 0.25) is 6.10 Å². The predicted molar refractivity (Wildman–Crippen MR) is 58.9 cm³/mol. The predicted octanol–water partition coefficient (Wildman–Crippen LogP) is 0.854. The van der Waals surface area contributed by atoms with Crippen molar-refractivity contribution in [2.45, 2.75) is 12.3 Å². The Balaban J connectivity index is 1.98. The van der Waals surface area contributed by atoms with E-state index in [1.54, 1.807) is 12.1 Å². The van der Waals surface area contributed by atoms with E-state index < -0.39 is 23.2 Å². The van der Waals surface area contributed by atoms with Crippen LogP contribution in [0.2, 0.25) is 0 Å². The number of rotatable bonds is 4. The van der Waals surface area contributed by atoms with Crippen LogP contribution < -0.4 is 4.74 Å². The molecule has 0 saturated carbocycles. The molecule has 0 amide bonds. The van der Waals surface area contributed by atoms with E-state index in [0.717, 1.165) is 0 Å². The number of benzene rings is 1. The maximum Gasteiger partial charge on any atom is 0.354 e. The van der Waals surface area contributed by atoms with Gasteiger partial charge in [-0.05, 0) is 24.3 Å². The molecule has 0 spiro atoms. The Morgan fingerprint density at radius 1 is 1.44 bits per heavy atom. The largest absolute Gasteiger partial charge is 0.478 e. The molecule has 2 atom stereocenters. The summed E-state index contributed by atoms with van der Waals surface area (Å²) in [5.74, 6) is -0.000464. The van der Waals surface area contributed by atoms with E-state index in [-0.39, 0.29) is 6.61 Å². The lowest BCUT2D eigenvalue weighted by molar-refractivity contribution is -0.614. The zero-order valence-electron chi connectivity index (χ0n) is 9.57. The molecule has 0 radical (unpaired) electrons. The molecule has 1 fully saturated rings. The molecule has 96 valence electrons. The molecule has 1 aromatic rings. The molecular formula is C11H11NO6. The minimum Gasteiger partial charge on any atom is -0.478 e. The van der Waals surface area contributed by atoms with Gasteiger partial charge in [-0.15, -0.1) is 0 Å². The van der Waals surface area contributed by atoms with Gasteiger partial charge in [-0.3, -0.25) is 10.1 Å². The van der Waals surface area contributed by atoms with Crippen LogP contribution in [0.1, 0.15) is 10.4 Å². The first-order chi connectivity index (χ1) is 8.61. The summed E-state index contributed by atoms with van der Waals surface area (Å²) in [5.41, 5.74) is 0.389. The average molecular weight is 253 g/mol. The number of nitro groups is 1. The molecule has 0 aromatic heterocycles. The molecule has 1 heterocycles. The Hall–Kier alpha value is -2.15. The fraction of sp³-hybridized carbons (Fsp3) is 0.364. The average Bonchev–Trinajstić information content (AvgIpc) is 2.33. The molecule has 2 rings (SSSR count). The molecule has 0 N–H and O–H groups in total. The second kappa shape index (κ2) is 5.01. The summed E-state index contributed by atoms with van der Waals surface area (Å²) in [5, 5.41) is 10.5. The van der Waals surface area contributed by atoms with Crippen LogP contribution in [0.4, 0.5) is 0 Å². The lowest BCUT2D eigenvalue weighted by Gasteiger charge is -2.29. The number of methoxy groups -OCH3 is 1. The third-order valence-corrected chi connectivity index (χ3v) is 2.52. The van der Waals surface area contributed by atoms with E-state index in [9.17, 15) is 14.9 Å². The normalized spacial score (nSPS) is 21.8. The summed E-state index contributed by atoms with van der Waals surface area (Å²) in [7, 11) is 1.29. The Labute approximate surface area is 102 Å². The SMILES string of the molecule is COC(=O)c1ccc(OC2COC2[N+](=O)[O-])cc1. The van der Waals surface area contributed by atoms with Crippen molar-refractivity contribution in [1.82, 2.24) is 0 Å². The van der Waals surface area contributed by atoms with Gasteiger partial charge in [-0.25, -0.2) is 4.79 Å². The molecule has 2 unspecified atom stereocenters. The second-order valence-electron chi connectivity index (χ2n) is 3.68. The zero-order valence-corrected chi connectivity index (χ0v) is 9.57. The van der Waals surface area contributed by atoms with Gasteiger partial charge in [-0.2, -0.15) is 0 Å². The van der Waals surface area contributed by atoms with Gasteiger partial charge in [0.05, 0.1) is 17.6 Å². The summed E-state index contributed by atoms with van der Waals surface area (Å²) in [6.07, 6.45) is -1.71. The third kappa shape index (κ3) is 2.40. The van der Waals surface area contributed by atoms with Gasteiger partial charge in [-0.1, -0.05) is 0 Å². The van der Waals surface area contributed by atoms with Crippen molar-refractivity contribution in [3.05, 3.63) is 39.9 Å². The van der Waals surface area contributed by atoms with Crippen LogP contribution in [0, 0.1) is 10.1 Å². The molecule has 1 aliphatic heterocycles. The number of esters is 1. The molecule has 1 aromatic carbocycles. The number of nitrogens with zero attached hydrogens (tertiary/aromatic N) is 1. The van der Waals surface area contributed by atoms with Crippen LogP contribution in [0.15, 0.2) is 24.3 Å². The first-order valence-corrected chi connectivity index (χ1v) is 5.22. The topological polar surface area (TPSA) is 87.9 Å². The molecule has 1 saturated heterocycles. The number of hydrogen-bond donors (Lipinski definition) is 0. The maximum absolute atomic E-state index is 11.2. The molecular weight excluding hydrogens is 242 g/mol. The number of carbonyl (C=O) groups excluding carboxylic acids is 1. The highest BCUT2D eigenvalue weighted by molar-refractivity contribution is 5.89. The van der Waals surface area contributed by atoms with Crippen molar-refractivity contribution < 1.29 is 23.9 Å². The first-order valence-electron chi connectivity index (χ1n) is 5.22. The van der Waals surface area contributed by atoms with E-state index in [2.05, 4.69) is 4.74 Å². The van der Waals surface area contributed by atoms with E-state index >= 15 is 0 Å². The fourth-order valence-corrected chi connectivity index (χ4v) is 1.51. The van der Waals surface area contributed by atoms with Gasteiger partial charge < -0.3 is 14.2 Å². The van der Waals surface area contributed by atoms with Crippen LogP contribution in [0.3, 0.4) is 0 Å². The zero-order chi connectivity index (χ0) is 13.1. The lowest BCUT2D eigenvalue weighted by Crippen LogP contribution is -2.53. The van der Waals surface area contributed by atoms with Crippen molar-refractivity contribution in [2.24, 2.45) is 0 Å². The first kappa shape index (κ1) is 12.3. The Morgan fingerprint density at radius 3 is 2.56 bits per heavy atom. The van der Waals surface area contributed by atoms with Gasteiger partial charge in [0.1, 0.15) is 12.4 Å². The highest BCUT2D eigenvalue weighted by Crippen LogP contribution is 2.21. The summed E-state index contributed by atoms with van der Waals surface area (Å²) < 4.78 is 14.7. The molecule has 7 heteroatoms. The Bertz CT molecular complexity index is 457. The van der Waals surface area contributed by atoms with Gasteiger partial charge in [0, 0.05) is 0 Å². The van der Waals surface area contributed by atoms with E-state index in [1.807, 2.05) is 0 Å². The van der Waals surface area contributed by atoms with E-state index in [1.165, 1.54) is 19.2 Å². The number of hydrogen-bond acceptors (Lipinski definition) is 6. The van der Waals surface area contributed by atoms with Crippen molar-refractivity contribution in [1.29, 1.82) is 0 Å². The molecule has 7 nitrogen and oxygen atoms in total. The monoisotopic (exact) mass is 253 g/mol. The van der Waals surface area contributed by atoms with Crippen molar-refractivity contribution >= 4 is 5.97 Å². The van der Waals surface area contributed by atoms with E-state index in [0.29, 0.717) is 11.3 Å². The summed E-state index contributed by atoms with van der Waals surface area (Å²) in [6, 6.07) is 6.17. The van der Waals surface area contributed by atoms with Gasteiger partial charge in [0.25, 0.3) is 0 Å². The second-order valence-corrected chi connectivity index (χ2v) is 3.68. The maximum atomic E-state index is 11.2. The van der Waals surface area contributed by atoms with Gasteiger partial charge in [0.15, 0.2) is 0 Å². The molecule has 1 aliphatic rings. The Kier molecular flexibility index (Phi) is 3.42. The van der Waals surface area contributed by atoms with Crippen LogP contribution in [0.5, 0.6) is 5.75 Å². The molecule has 0 aliphatic carbocycles.